The molecule has 1 saturated heterocycles. The lowest BCUT2D eigenvalue weighted by Crippen LogP contribution is -2.57. The molecule has 0 amide bonds. The van der Waals surface area contributed by atoms with Crippen molar-refractivity contribution in [3.63, 3.8) is 0 Å². The van der Waals surface area contributed by atoms with E-state index in [4.69, 9.17) is 13.7 Å². The second kappa shape index (κ2) is 11.9. The summed E-state index contributed by atoms with van der Waals surface area (Å²) in [6.07, 6.45) is -6.11. The average Bonchev–Trinajstić information content (AvgIpc) is 2.97. The molecule has 3 aromatic carbocycles. The van der Waals surface area contributed by atoms with Crippen LogP contribution in [0.2, 0.25) is 0 Å². The number of hydrogen-bond acceptors (Lipinski definition) is 8. The third-order valence-electron chi connectivity index (χ3n) is 7.71. The van der Waals surface area contributed by atoms with E-state index in [0.29, 0.717) is 0 Å². The summed E-state index contributed by atoms with van der Waals surface area (Å²) in [7, 11) is -8.80. The number of benzene rings is 3. The van der Waals surface area contributed by atoms with Crippen LogP contribution in [0.5, 0.6) is 11.5 Å². The van der Waals surface area contributed by atoms with Crippen molar-refractivity contribution in [3.05, 3.63) is 83.4 Å². The standard InChI is InChI=1S/C29H27F5O8S2/c1-18-2-6-21(7-3-18)44(37,38)42-14-12-25-22-16-40-27-24(31)11-10-23(30)26(27)28(22,13-15-39-25)43(35,36)20-8-4-19(5-9-20)41-17-29(32,33)34/h2-11,22,25H,12-17H2,1H3/t22-,25-,28-/m0/s1. The molecule has 0 spiro atoms. The van der Waals surface area contributed by atoms with Crippen LogP contribution < -0.4 is 9.47 Å². The summed E-state index contributed by atoms with van der Waals surface area (Å²) in [5, 5.41) is 0. The molecule has 3 atom stereocenters. The minimum atomic E-state index is -4.63. The maximum atomic E-state index is 15.6. The molecular formula is C29H27F5O8S2. The van der Waals surface area contributed by atoms with Gasteiger partial charge in [-0.05, 0) is 68.3 Å². The van der Waals surface area contributed by atoms with Crippen LogP contribution in [-0.4, -0.2) is 55.5 Å². The lowest BCUT2D eigenvalue weighted by Gasteiger charge is -2.50. The molecule has 0 bridgehead atoms. The second-order valence-corrected chi connectivity index (χ2v) is 14.3. The first-order valence-corrected chi connectivity index (χ1v) is 16.3. The van der Waals surface area contributed by atoms with Crippen LogP contribution >= 0.6 is 0 Å². The quantitative estimate of drug-likeness (QED) is 0.219. The van der Waals surface area contributed by atoms with Crippen LogP contribution in [0.1, 0.15) is 24.0 Å². The Kier molecular flexibility index (Phi) is 8.70. The zero-order valence-electron chi connectivity index (χ0n) is 23.1. The van der Waals surface area contributed by atoms with Crippen molar-refractivity contribution in [2.24, 2.45) is 5.92 Å². The van der Waals surface area contributed by atoms with E-state index in [1.807, 2.05) is 0 Å². The van der Waals surface area contributed by atoms with E-state index in [0.717, 1.165) is 42.0 Å². The fourth-order valence-electron chi connectivity index (χ4n) is 5.65. The van der Waals surface area contributed by atoms with Gasteiger partial charge in [0.2, 0.25) is 0 Å². The molecule has 3 aromatic rings. The maximum absolute atomic E-state index is 15.6. The van der Waals surface area contributed by atoms with Crippen molar-refractivity contribution in [3.8, 4) is 11.5 Å². The highest BCUT2D eigenvalue weighted by Crippen LogP contribution is 2.56. The summed E-state index contributed by atoms with van der Waals surface area (Å²) in [6.45, 7) is -0.881. The molecule has 0 unspecified atom stereocenters. The summed E-state index contributed by atoms with van der Waals surface area (Å²) in [5.41, 5.74) is 0.300. The summed E-state index contributed by atoms with van der Waals surface area (Å²) in [4.78, 5) is -0.461. The molecular weight excluding hydrogens is 635 g/mol. The fraction of sp³-hybridized carbons (Fsp3) is 0.379. The van der Waals surface area contributed by atoms with Crippen molar-refractivity contribution in [1.29, 1.82) is 0 Å². The highest BCUT2D eigenvalue weighted by molar-refractivity contribution is 7.92. The summed E-state index contributed by atoms with van der Waals surface area (Å²) >= 11 is 0. The molecule has 5 rings (SSSR count). The Morgan fingerprint density at radius 3 is 2.20 bits per heavy atom. The topological polar surface area (TPSA) is 105 Å². The normalized spacial score (nSPS) is 22.0. The van der Waals surface area contributed by atoms with Gasteiger partial charge < -0.3 is 14.2 Å². The Bertz CT molecular complexity index is 1730. The predicted octanol–water partition coefficient (Wildman–Crippen LogP) is 5.48. The monoisotopic (exact) mass is 662 g/mol. The third-order valence-corrected chi connectivity index (χ3v) is 11.6. The molecule has 0 saturated carbocycles. The molecule has 44 heavy (non-hydrogen) atoms. The van der Waals surface area contributed by atoms with E-state index < -0.39 is 85.7 Å². The van der Waals surface area contributed by atoms with Crippen molar-refractivity contribution in [1.82, 2.24) is 0 Å². The van der Waals surface area contributed by atoms with E-state index in [-0.39, 0.29) is 35.0 Å². The van der Waals surface area contributed by atoms with Crippen LogP contribution in [0, 0.1) is 24.5 Å². The molecule has 8 nitrogen and oxygen atoms in total. The van der Waals surface area contributed by atoms with Crippen LogP contribution in [0.15, 0.2) is 70.5 Å². The predicted molar refractivity (Wildman–Crippen MR) is 145 cm³/mol. The molecule has 238 valence electrons. The second-order valence-electron chi connectivity index (χ2n) is 10.5. The van der Waals surface area contributed by atoms with Crippen molar-refractivity contribution >= 4 is 20.0 Å². The molecule has 1 fully saturated rings. The van der Waals surface area contributed by atoms with Gasteiger partial charge in [0.25, 0.3) is 10.1 Å². The zero-order valence-corrected chi connectivity index (χ0v) is 24.8. The zero-order chi connectivity index (χ0) is 31.9. The lowest BCUT2D eigenvalue weighted by molar-refractivity contribution is -0.153. The molecule has 0 radical (unpaired) electrons. The number of alkyl halides is 3. The van der Waals surface area contributed by atoms with Crippen LogP contribution in [-0.2, 0) is 33.6 Å². The largest absolute Gasteiger partial charge is 0.490 e. The minimum absolute atomic E-state index is 0.0836. The fourth-order valence-corrected chi connectivity index (χ4v) is 8.91. The summed E-state index contributed by atoms with van der Waals surface area (Å²) in [5.74, 6) is -4.01. The van der Waals surface area contributed by atoms with Gasteiger partial charge >= 0.3 is 6.18 Å². The van der Waals surface area contributed by atoms with Gasteiger partial charge in [-0.3, -0.25) is 4.18 Å². The Labute approximate surface area is 250 Å². The van der Waals surface area contributed by atoms with E-state index in [9.17, 15) is 34.4 Å². The number of aryl methyl sites for hydroxylation is 1. The number of halogens is 5. The average molecular weight is 663 g/mol. The number of fused-ring (bicyclic) bond motifs is 3. The third kappa shape index (κ3) is 6.02. The number of hydrogen-bond donors (Lipinski definition) is 0. The molecule has 0 aromatic heterocycles. The molecule has 2 aliphatic heterocycles. The molecule has 0 N–H and O–H groups in total. The first kappa shape index (κ1) is 32.1. The highest BCUT2D eigenvalue weighted by atomic mass is 32.2. The van der Waals surface area contributed by atoms with E-state index >= 15 is 4.39 Å². The Morgan fingerprint density at radius 2 is 1.55 bits per heavy atom. The van der Waals surface area contributed by atoms with Gasteiger partial charge in [0, 0.05) is 12.5 Å². The number of sulfone groups is 1. The van der Waals surface area contributed by atoms with E-state index in [1.165, 1.54) is 12.1 Å². The minimum Gasteiger partial charge on any atom is -0.490 e. The van der Waals surface area contributed by atoms with Crippen molar-refractivity contribution in [2.75, 3.05) is 26.4 Å². The molecule has 0 aliphatic carbocycles. The number of ether oxygens (including phenoxy) is 3. The van der Waals surface area contributed by atoms with E-state index in [1.54, 1.807) is 19.1 Å². The summed E-state index contributed by atoms with van der Waals surface area (Å²) in [6, 6.07) is 11.7. The Hall–Kier alpha value is -3.27. The Balaban J connectivity index is 1.49. The highest BCUT2D eigenvalue weighted by Gasteiger charge is 2.61. The van der Waals surface area contributed by atoms with Gasteiger partial charge in [0.1, 0.15) is 16.3 Å². The van der Waals surface area contributed by atoms with Crippen LogP contribution in [0.3, 0.4) is 0 Å². The molecule has 2 heterocycles. The smallest absolute Gasteiger partial charge is 0.422 e. The van der Waals surface area contributed by atoms with Crippen molar-refractivity contribution in [2.45, 2.75) is 46.6 Å². The van der Waals surface area contributed by atoms with Gasteiger partial charge in [-0.2, -0.15) is 21.6 Å². The first-order chi connectivity index (χ1) is 20.7. The van der Waals surface area contributed by atoms with Crippen LogP contribution in [0.25, 0.3) is 0 Å². The summed E-state index contributed by atoms with van der Waals surface area (Å²) < 4.78 is 142. The maximum Gasteiger partial charge on any atom is 0.422 e. The van der Waals surface area contributed by atoms with Gasteiger partial charge in [0.15, 0.2) is 28.0 Å². The van der Waals surface area contributed by atoms with Gasteiger partial charge in [-0.15, -0.1) is 0 Å². The van der Waals surface area contributed by atoms with Gasteiger partial charge in [-0.25, -0.2) is 17.2 Å². The van der Waals surface area contributed by atoms with Gasteiger partial charge in [0.05, 0.1) is 34.7 Å². The van der Waals surface area contributed by atoms with Gasteiger partial charge in [-0.1, -0.05) is 17.7 Å². The molecule has 15 heteroatoms. The number of rotatable bonds is 9. The first-order valence-electron chi connectivity index (χ1n) is 13.4. The molecule has 2 aliphatic rings. The van der Waals surface area contributed by atoms with E-state index in [2.05, 4.69) is 4.74 Å². The van der Waals surface area contributed by atoms with Crippen molar-refractivity contribution < 1.29 is 57.2 Å². The SMILES string of the molecule is Cc1ccc(S(=O)(=O)OCC[C@@H]2OCC[C@@]3(S(=O)(=O)c4ccc(OCC(F)(F)F)cc4)c4c(F)ccc(F)c4OC[C@@H]23)cc1. The lowest BCUT2D eigenvalue weighted by atomic mass is 9.75. The van der Waals surface area contributed by atoms with Crippen LogP contribution in [0.4, 0.5) is 22.0 Å². The Morgan fingerprint density at radius 1 is 0.909 bits per heavy atom.